The lowest BCUT2D eigenvalue weighted by Crippen LogP contribution is -2.48. The Morgan fingerprint density at radius 2 is 1.78 bits per heavy atom. The van der Waals surface area contributed by atoms with Gasteiger partial charge in [0.2, 0.25) is 5.91 Å². The van der Waals surface area contributed by atoms with Gasteiger partial charge in [-0.3, -0.25) is 9.69 Å². The summed E-state index contributed by atoms with van der Waals surface area (Å²) in [6.07, 6.45) is 2.68. The Balaban J connectivity index is 1.18. The topological polar surface area (TPSA) is 66.6 Å². The molecule has 3 heterocycles. The summed E-state index contributed by atoms with van der Waals surface area (Å²) in [6, 6.07) is 15.0. The van der Waals surface area contributed by atoms with Crippen LogP contribution >= 0.6 is 0 Å². The Kier molecular flexibility index (Phi) is 5.57. The quantitative estimate of drug-likeness (QED) is 0.489. The Hall–Kier alpha value is -3.32. The van der Waals surface area contributed by atoms with Gasteiger partial charge in [-0.1, -0.05) is 42.5 Å². The van der Waals surface area contributed by atoms with Crippen LogP contribution < -0.4 is 0 Å². The van der Waals surface area contributed by atoms with E-state index in [0.29, 0.717) is 18.6 Å². The number of carbonyl (C=O) groups is 1. The molecule has 164 valence electrons. The van der Waals surface area contributed by atoms with Gasteiger partial charge in [-0.25, -0.2) is 9.50 Å². The molecular formula is C25H28N6O. The number of fused-ring (bicyclic) bond motifs is 2. The van der Waals surface area contributed by atoms with Crippen LogP contribution in [0.25, 0.3) is 16.6 Å². The second kappa shape index (κ2) is 8.67. The summed E-state index contributed by atoms with van der Waals surface area (Å²) in [5.41, 5.74) is 4.38. The molecule has 5 rings (SSSR count). The molecule has 7 heteroatoms. The minimum atomic E-state index is 0.215. The molecule has 0 saturated carbocycles. The largest absolute Gasteiger partial charge is 0.340 e. The molecule has 2 aromatic carbocycles. The maximum absolute atomic E-state index is 12.9. The molecule has 1 fully saturated rings. The van der Waals surface area contributed by atoms with Gasteiger partial charge in [0.25, 0.3) is 5.78 Å². The van der Waals surface area contributed by atoms with Crippen LogP contribution in [0, 0.1) is 13.8 Å². The third-order valence-corrected chi connectivity index (χ3v) is 6.58. The minimum Gasteiger partial charge on any atom is -0.340 e. The molecule has 0 N–H and O–H groups in total. The van der Waals surface area contributed by atoms with Crippen molar-refractivity contribution in [1.82, 2.24) is 29.4 Å². The van der Waals surface area contributed by atoms with Crippen molar-refractivity contribution in [3.63, 3.8) is 0 Å². The van der Waals surface area contributed by atoms with Gasteiger partial charge in [0.05, 0.1) is 0 Å². The van der Waals surface area contributed by atoms with Crippen LogP contribution in [0.3, 0.4) is 0 Å². The van der Waals surface area contributed by atoms with Gasteiger partial charge in [0, 0.05) is 50.5 Å². The summed E-state index contributed by atoms with van der Waals surface area (Å²) >= 11 is 0. The van der Waals surface area contributed by atoms with Crippen molar-refractivity contribution in [3.05, 3.63) is 71.3 Å². The maximum Gasteiger partial charge on any atom is 0.252 e. The lowest BCUT2D eigenvalue weighted by molar-refractivity contribution is -0.133. The molecule has 1 saturated heterocycles. The highest BCUT2D eigenvalue weighted by Gasteiger charge is 2.22. The molecule has 1 amide bonds. The number of hydrogen-bond acceptors (Lipinski definition) is 5. The van der Waals surface area contributed by atoms with Gasteiger partial charge >= 0.3 is 0 Å². The first-order valence-electron chi connectivity index (χ1n) is 11.2. The number of piperazine rings is 1. The van der Waals surface area contributed by atoms with Crippen LogP contribution in [-0.2, 0) is 17.8 Å². The van der Waals surface area contributed by atoms with Gasteiger partial charge in [-0.2, -0.15) is 10.1 Å². The van der Waals surface area contributed by atoms with Gasteiger partial charge in [0.15, 0.2) is 0 Å². The molecule has 32 heavy (non-hydrogen) atoms. The van der Waals surface area contributed by atoms with E-state index in [2.05, 4.69) is 62.4 Å². The van der Waals surface area contributed by atoms with E-state index in [9.17, 15) is 4.79 Å². The first kappa shape index (κ1) is 20.6. The van der Waals surface area contributed by atoms with E-state index in [0.717, 1.165) is 49.7 Å². The Morgan fingerprint density at radius 1 is 1.00 bits per heavy atom. The van der Waals surface area contributed by atoms with Crippen molar-refractivity contribution >= 4 is 22.5 Å². The van der Waals surface area contributed by atoms with E-state index in [1.807, 2.05) is 18.7 Å². The summed E-state index contributed by atoms with van der Waals surface area (Å²) in [5, 5.41) is 6.84. The highest BCUT2D eigenvalue weighted by Crippen LogP contribution is 2.21. The number of carbonyl (C=O) groups excluding carboxylic acids is 1. The number of amides is 1. The molecule has 0 atom stereocenters. The molecule has 0 spiro atoms. The van der Waals surface area contributed by atoms with Crippen molar-refractivity contribution in [3.8, 4) is 0 Å². The van der Waals surface area contributed by atoms with E-state index in [4.69, 9.17) is 0 Å². The summed E-state index contributed by atoms with van der Waals surface area (Å²) in [5.74, 6) is 0.824. The zero-order chi connectivity index (χ0) is 22.1. The first-order valence-corrected chi connectivity index (χ1v) is 11.2. The lowest BCUT2D eigenvalue weighted by Gasteiger charge is -2.35. The predicted molar refractivity (Wildman–Crippen MR) is 124 cm³/mol. The molecular weight excluding hydrogens is 400 g/mol. The molecule has 7 nitrogen and oxygen atoms in total. The summed E-state index contributed by atoms with van der Waals surface area (Å²) in [4.78, 5) is 26.0. The van der Waals surface area contributed by atoms with Crippen molar-refractivity contribution in [2.75, 3.05) is 26.2 Å². The second-order valence-electron chi connectivity index (χ2n) is 8.53. The third kappa shape index (κ3) is 3.96. The molecule has 1 aliphatic heterocycles. The zero-order valence-electron chi connectivity index (χ0n) is 18.7. The van der Waals surface area contributed by atoms with Gasteiger partial charge < -0.3 is 4.90 Å². The summed E-state index contributed by atoms with van der Waals surface area (Å²) in [7, 11) is 0. The Bertz CT molecular complexity index is 1270. The van der Waals surface area contributed by atoms with E-state index in [1.54, 1.807) is 4.52 Å². The number of hydrogen-bond donors (Lipinski definition) is 0. The highest BCUT2D eigenvalue weighted by molar-refractivity contribution is 5.85. The van der Waals surface area contributed by atoms with E-state index < -0.39 is 0 Å². The van der Waals surface area contributed by atoms with E-state index in [-0.39, 0.29) is 5.91 Å². The molecule has 1 aliphatic rings. The van der Waals surface area contributed by atoms with Crippen LogP contribution in [0.1, 0.15) is 28.9 Å². The number of nitrogens with zero attached hydrogens (tertiary/aromatic N) is 6. The summed E-state index contributed by atoms with van der Waals surface area (Å²) < 4.78 is 1.75. The summed E-state index contributed by atoms with van der Waals surface area (Å²) in [6.45, 7) is 8.28. The van der Waals surface area contributed by atoms with Crippen molar-refractivity contribution in [2.24, 2.45) is 0 Å². The van der Waals surface area contributed by atoms with Crippen LogP contribution in [0.15, 0.2) is 48.8 Å². The van der Waals surface area contributed by atoms with Crippen LogP contribution in [0.4, 0.5) is 0 Å². The number of aryl methyl sites for hydroxylation is 2. The fourth-order valence-electron chi connectivity index (χ4n) is 4.73. The average Bonchev–Trinajstić information content (AvgIpc) is 3.28. The standard InChI is InChI=1S/C25H28N6O/c1-18-22(19(2)31-25(28-18)26-17-27-31)10-11-24(32)30-14-12-29(13-15-30)16-21-8-5-7-20-6-3-4-9-23(20)21/h3-9,17H,10-16H2,1-2H3. The van der Waals surface area contributed by atoms with Gasteiger partial charge in [0.1, 0.15) is 6.33 Å². The fourth-order valence-corrected chi connectivity index (χ4v) is 4.73. The normalized spacial score (nSPS) is 15.0. The Labute approximate surface area is 187 Å². The Morgan fingerprint density at radius 3 is 2.62 bits per heavy atom. The molecule has 0 unspecified atom stereocenters. The molecule has 4 aromatic rings. The van der Waals surface area contributed by atoms with E-state index in [1.165, 1.54) is 22.7 Å². The SMILES string of the molecule is Cc1nc2ncnn2c(C)c1CCC(=O)N1CCN(Cc2cccc3ccccc23)CC1. The number of rotatable bonds is 5. The highest BCUT2D eigenvalue weighted by atomic mass is 16.2. The maximum atomic E-state index is 12.9. The lowest BCUT2D eigenvalue weighted by atomic mass is 10.0. The zero-order valence-corrected chi connectivity index (χ0v) is 18.7. The molecule has 0 radical (unpaired) electrons. The second-order valence-corrected chi connectivity index (χ2v) is 8.53. The van der Waals surface area contributed by atoms with Gasteiger partial charge in [-0.15, -0.1) is 0 Å². The van der Waals surface area contributed by atoms with E-state index >= 15 is 0 Å². The average molecular weight is 429 g/mol. The predicted octanol–water partition coefficient (Wildman–Crippen LogP) is 3.17. The monoisotopic (exact) mass is 428 g/mol. The molecule has 0 aliphatic carbocycles. The number of aromatic nitrogens is 4. The van der Waals surface area contributed by atoms with Crippen molar-refractivity contribution < 1.29 is 4.79 Å². The van der Waals surface area contributed by atoms with Crippen LogP contribution in [-0.4, -0.2) is 61.5 Å². The smallest absolute Gasteiger partial charge is 0.252 e. The molecule has 0 bridgehead atoms. The fraction of sp³-hybridized carbons (Fsp3) is 0.360. The minimum absolute atomic E-state index is 0.215. The third-order valence-electron chi connectivity index (χ3n) is 6.58. The van der Waals surface area contributed by atoms with Crippen LogP contribution in [0.5, 0.6) is 0 Å². The number of benzene rings is 2. The van der Waals surface area contributed by atoms with Crippen LogP contribution in [0.2, 0.25) is 0 Å². The van der Waals surface area contributed by atoms with Crippen molar-refractivity contribution in [1.29, 1.82) is 0 Å². The molecule has 2 aromatic heterocycles. The van der Waals surface area contributed by atoms with Gasteiger partial charge in [-0.05, 0) is 42.2 Å². The van der Waals surface area contributed by atoms with Crippen molar-refractivity contribution in [2.45, 2.75) is 33.2 Å². The first-order chi connectivity index (χ1) is 15.6.